The normalized spacial score (nSPS) is 35.0. The first-order chi connectivity index (χ1) is 10.1. The summed E-state index contributed by atoms with van der Waals surface area (Å²) >= 11 is 1.96. The molecule has 3 fully saturated rings. The number of nitrogens with one attached hydrogen (secondary N) is 1. The minimum absolute atomic E-state index is 0.0729. The van der Waals surface area contributed by atoms with Gasteiger partial charge in [0, 0.05) is 30.3 Å². The van der Waals surface area contributed by atoms with Gasteiger partial charge in [-0.25, -0.2) is 4.79 Å². The molecule has 3 saturated heterocycles. The van der Waals surface area contributed by atoms with Crippen LogP contribution in [0.3, 0.4) is 0 Å². The maximum atomic E-state index is 12.4. The van der Waals surface area contributed by atoms with Gasteiger partial charge in [-0.2, -0.15) is 11.8 Å². The maximum Gasteiger partial charge on any atom is 0.317 e. The Morgan fingerprint density at radius 2 is 1.90 bits per heavy atom. The molecule has 21 heavy (non-hydrogen) atoms. The van der Waals surface area contributed by atoms with Crippen LogP contribution in [0, 0.1) is 5.92 Å². The van der Waals surface area contributed by atoms with Crippen molar-refractivity contribution in [1.29, 1.82) is 0 Å². The third-order valence-electron chi connectivity index (χ3n) is 5.03. The van der Waals surface area contributed by atoms with Crippen molar-refractivity contribution in [1.82, 2.24) is 10.2 Å². The van der Waals surface area contributed by atoms with E-state index in [1.54, 1.807) is 0 Å². The summed E-state index contributed by atoms with van der Waals surface area (Å²) in [5.74, 6) is 0.747. The Bertz CT molecular complexity index is 398. The van der Waals surface area contributed by atoms with Crippen molar-refractivity contribution in [3.05, 3.63) is 0 Å². The van der Waals surface area contributed by atoms with Gasteiger partial charge in [-0.3, -0.25) is 4.79 Å². The van der Waals surface area contributed by atoms with Crippen LogP contribution in [0.15, 0.2) is 0 Å². The molecular weight excluding hydrogens is 288 g/mol. The highest BCUT2D eigenvalue weighted by molar-refractivity contribution is 8.00. The molecule has 3 rings (SSSR count). The van der Waals surface area contributed by atoms with Crippen LogP contribution < -0.4 is 5.32 Å². The molecule has 0 aliphatic carbocycles. The fourth-order valence-corrected chi connectivity index (χ4v) is 5.33. The number of carbonyl (C=O) groups is 2. The quantitative estimate of drug-likeness (QED) is 0.836. The van der Waals surface area contributed by atoms with Crippen LogP contribution in [0.2, 0.25) is 0 Å². The van der Waals surface area contributed by atoms with Crippen molar-refractivity contribution in [2.75, 3.05) is 12.3 Å². The number of aliphatic carboxylic acids is 1. The van der Waals surface area contributed by atoms with E-state index in [1.807, 2.05) is 16.7 Å². The molecule has 3 atom stereocenters. The Labute approximate surface area is 129 Å². The molecule has 5 nitrogen and oxygen atoms in total. The largest absolute Gasteiger partial charge is 0.481 e. The van der Waals surface area contributed by atoms with E-state index in [0.29, 0.717) is 5.25 Å². The topological polar surface area (TPSA) is 69.6 Å². The van der Waals surface area contributed by atoms with Gasteiger partial charge in [-0.15, -0.1) is 0 Å². The van der Waals surface area contributed by atoms with E-state index in [1.165, 1.54) is 18.6 Å². The minimum atomic E-state index is -0.712. The van der Waals surface area contributed by atoms with Gasteiger partial charge in [0.05, 0.1) is 0 Å². The summed E-state index contributed by atoms with van der Waals surface area (Å²) in [6.07, 6.45) is 6.50. The minimum Gasteiger partial charge on any atom is -0.481 e. The second-order valence-electron chi connectivity index (χ2n) is 6.55. The summed E-state index contributed by atoms with van der Waals surface area (Å²) in [4.78, 5) is 25.3. The predicted octanol–water partition coefficient (Wildman–Crippen LogP) is 2.31. The zero-order valence-corrected chi connectivity index (χ0v) is 13.1. The molecule has 0 spiro atoms. The van der Waals surface area contributed by atoms with E-state index in [-0.39, 0.29) is 30.5 Å². The van der Waals surface area contributed by atoms with Crippen molar-refractivity contribution < 1.29 is 14.7 Å². The third-order valence-corrected chi connectivity index (χ3v) is 6.43. The number of hydrogen-bond acceptors (Lipinski definition) is 3. The summed E-state index contributed by atoms with van der Waals surface area (Å²) < 4.78 is 0. The molecule has 0 aromatic carbocycles. The van der Waals surface area contributed by atoms with E-state index in [4.69, 9.17) is 5.11 Å². The van der Waals surface area contributed by atoms with Crippen LogP contribution in [0.25, 0.3) is 0 Å². The Morgan fingerprint density at radius 3 is 2.48 bits per heavy atom. The Kier molecular flexibility index (Phi) is 4.62. The lowest BCUT2D eigenvalue weighted by Gasteiger charge is -2.38. The summed E-state index contributed by atoms with van der Waals surface area (Å²) in [6, 6.07) is 0.581. The van der Waals surface area contributed by atoms with Gasteiger partial charge in [0.2, 0.25) is 0 Å². The molecule has 2 amide bonds. The van der Waals surface area contributed by atoms with E-state index in [0.717, 1.165) is 32.2 Å². The molecular formula is C15H24N2O3S. The predicted molar refractivity (Wildman–Crippen MR) is 82.5 cm³/mol. The number of urea groups is 1. The number of carbonyl (C=O) groups excluding carboxylic acids is 1. The van der Waals surface area contributed by atoms with Crippen LogP contribution >= 0.6 is 11.8 Å². The van der Waals surface area contributed by atoms with Gasteiger partial charge in [-0.05, 0) is 50.2 Å². The molecule has 0 saturated carbocycles. The van der Waals surface area contributed by atoms with E-state index in [9.17, 15) is 9.59 Å². The first-order valence-electron chi connectivity index (χ1n) is 8.03. The van der Waals surface area contributed by atoms with Crippen LogP contribution in [0.1, 0.15) is 44.9 Å². The number of amides is 2. The van der Waals surface area contributed by atoms with E-state index >= 15 is 0 Å². The first kappa shape index (κ1) is 15.0. The number of carboxylic acids is 1. The Hall–Kier alpha value is -0.910. The first-order valence-corrected chi connectivity index (χ1v) is 9.08. The average Bonchev–Trinajstić information content (AvgIpc) is 3.02. The monoisotopic (exact) mass is 312 g/mol. The van der Waals surface area contributed by atoms with Crippen molar-refractivity contribution in [2.45, 2.75) is 62.3 Å². The standard InChI is InChI=1S/C15H24N2O3S/c18-14(19)8-10-6-11-3-4-12(7-10)17(11)15(20)16-9-13-2-1-5-21-13/h10-13H,1-9H2,(H,16,20)(H,18,19). The highest BCUT2D eigenvalue weighted by atomic mass is 32.2. The summed E-state index contributed by atoms with van der Waals surface area (Å²) in [6.45, 7) is 0.776. The summed E-state index contributed by atoms with van der Waals surface area (Å²) in [5.41, 5.74) is 0. The SMILES string of the molecule is O=C(O)CC1CC2CCC(C1)N2C(=O)NCC1CCCS1. The number of piperidine rings is 1. The second-order valence-corrected chi connectivity index (χ2v) is 7.96. The van der Waals surface area contributed by atoms with Gasteiger partial charge >= 0.3 is 12.0 Å². The van der Waals surface area contributed by atoms with E-state index in [2.05, 4.69) is 5.32 Å². The molecule has 0 aromatic rings. The molecule has 2 bridgehead atoms. The molecule has 3 aliphatic heterocycles. The van der Waals surface area contributed by atoms with Crippen molar-refractivity contribution in [2.24, 2.45) is 5.92 Å². The number of fused-ring (bicyclic) bond motifs is 2. The molecule has 3 heterocycles. The van der Waals surface area contributed by atoms with Crippen molar-refractivity contribution >= 4 is 23.8 Å². The van der Waals surface area contributed by atoms with Crippen LogP contribution in [-0.2, 0) is 4.79 Å². The van der Waals surface area contributed by atoms with Crippen LogP contribution in [0.5, 0.6) is 0 Å². The van der Waals surface area contributed by atoms with Gasteiger partial charge in [-0.1, -0.05) is 0 Å². The number of hydrogen-bond donors (Lipinski definition) is 2. The molecule has 3 unspecified atom stereocenters. The number of rotatable bonds is 4. The van der Waals surface area contributed by atoms with Gasteiger partial charge in [0.1, 0.15) is 0 Å². The van der Waals surface area contributed by atoms with Gasteiger partial charge < -0.3 is 15.3 Å². The lowest BCUT2D eigenvalue weighted by Crippen LogP contribution is -2.51. The van der Waals surface area contributed by atoms with Crippen molar-refractivity contribution in [3.63, 3.8) is 0 Å². The van der Waals surface area contributed by atoms with Gasteiger partial charge in [0.25, 0.3) is 0 Å². The fourth-order valence-electron chi connectivity index (χ4n) is 4.13. The summed E-state index contributed by atoms with van der Waals surface area (Å²) in [5, 5.41) is 12.6. The zero-order chi connectivity index (χ0) is 14.8. The highest BCUT2D eigenvalue weighted by Gasteiger charge is 2.43. The average molecular weight is 312 g/mol. The van der Waals surface area contributed by atoms with Crippen LogP contribution in [-0.4, -0.2) is 51.6 Å². The molecule has 0 radical (unpaired) electrons. The molecule has 6 heteroatoms. The maximum absolute atomic E-state index is 12.4. The number of nitrogens with zero attached hydrogens (tertiary/aromatic N) is 1. The molecule has 0 aromatic heterocycles. The third kappa shape index (κ3) is 3.47. The fraction of sp³-hybridized carbons (Fsp3) is 0.867. The molecule has 3 aliphatic rings. The number of carboxylic acid groups (broad SMARTS) is 1. The molecule has 2 N–H and O–H groups in total. The Morgan fingerprint density at radius 1 is 1.19 bits per heavy atom. The van der Waals surface area contributed by atoms with Gasteiger partial charge in [0.15, 0.2) is 0 Å². The lowest BCUT2D eigenvalue weighted by molar-refractivity contribution is -0.138. The molecule has 118 valence electrons. The second kappa shape index (κ2) is 6.46. The van der Waals surface area contributed by atoms with Crippen molar-refractivity contribution in [3.8, 4) is 0 Å². The lowest BCUT2D eigenvalue weighted by atomic mass is 9.88. The van der Waals surface area contributed by atoms with E-state index < -0.39 is 5.97 Å². The summed E-state index contributed by atoms with van der Waals surface area (Å²) in [7, 11) is 0. The number of thioether (sulfide) groups is 1. The zero-order valence-electron chi connectivity index (χ0n) is 12.3. The Balaban J connectivity index is 1.52. The smallest absolute Gasteiger partial charge is 0.317 e. The highest BCUT2D eigenvalue weighted by Crippen LogP contribution is 2.39. The van der Waals surface area contributed by atoms with Crippen LogP contribution in [0.4, 0.5) is 4.79 Å².